The van der Waals surface area contributed by atoms with Crippen molar-refractivity contribution in [1.82, 2.24) is 4.83 Å². The Morgan fingerprint density at radius 3 is 2.13 bits per heavy atom. The molecule has 0 amide bonds. The van der Waals surface area contributed by atoms with Gasteiger partial charge >= 0.3 is 0 Å². The van der Waals surface area contributed by atoms with Gasteiger partial charge in [0.25, 0.3) is 20.1 Å². The Kier molecular flexibility index (Phi) is 3.11. The second kappa shape index (κ2) is 3.87. The summed E-state index contributed by atoms with van der Waals surface area (Å²) in [7, 11) is -8.36. The minimum Gasteiger partial charge on any atom is -0.282 e. The smallest absolute Gasteiger partial charge is 0.282 e. The largest absolute Gasteiger partial charge is 0.294 e. The summed E-state index contributed by atoms with van der Waals surface area (Å²) in [5.74, 6) is 4.75. The van der Waals surface area contributed by atoms with E-state index in [1.54, 1.807) is 0 Å². The molecule has 15 heavy (non-hydrogen) atoms. The van der Waals surface area contributed by atoms with Crippen molar-refractivity contribution in [2.45, 2.75) is 9.79 Å². The van der Waals surface area contributed by atoms with Crippen LogP contribution in [-0.2, 0) is 20.1 Å². The van der Waals surface area contributed by atoms with E-state index in [4.69, 9.17) is 10.4 Å². The highest BCUT2D eigenvalue weighted by Crippen LogP contribution is 2.14. The van der Waals surface area contributed by atoms with Crippen LogP contribution in [-0.4, -0.2) is 21.4 Å². The van der Waals surface area contributed by atoms with Gasteiger partial charge in [0.2, 0.25) is 0 Å². The molecule has 0 saturated heterocycles. The fourth-order valence-electron chi connectivity index (χ4n) is 0.870. The zero-order valence-electron chi connectivity index (χ0n) is 7.28. The first-order chi connectivity index (χ1) is 6.77. The van der Waals surface area contributed by atoms with Crippen LogP contribution < -0.4 is 10.7 Å². The number of rotatable bonds is 3. The van der Waals surface area contributed by atoms with Crippen molar-refractivity contribution in [3.63, 3.8) is 0 Å². The third-order valence-corrected chi connectivity index (χ3v) is 3.60. The Labute approximate surface area is 86.7 Å². The van der Waals surface area contributed by atoms with E-state index >= 15 is 0 Å². The standard InChI is InChI=1S/C6H8N2O5S2/c7-8-14(9,10)5-2-1-3-6(4-5)15(11,12)13/h1-4,8H,7H2,(H,11,12,13). The molecule has 1 aromatic rings. The Morgan fingerprint density at radius 2 is 1.67 bits per heavy atom. The van der Waals surface area contributed by atoms with Crippen LogP contribution in [0.1, 0.15) is 0 Å². The van der Waals surface area contributed by atoms with Crippen LogP contribution in [0.2, 0.25) is 0 Å². The van der Waals surface area contributed by atoms with Crippen molar-refractivity contribution in [3.05, 3.63) is 24.3 Å². The van der Waals surface area contributed by atoms with Crippen molar-refractivity contribution >= 4 is 20.1 Å². The zero-order valence-corrected chi connectivity index (χ0v) is 8.92. The van der Waals surface area contributed by atoms with Crippen molar-refractivity contribution < 1.29 is 21.4 Å². The lowest BCUT2D eigenvalue weighted by Gasteiger charge is -2.03. The second-order valence-electron chi connectivity index (χ2n) is 2.57. The summed E-state index contributed by atoms with van der Waals surface area (Å²) in [6.07, 6.45) is 0. The quantitative estimate of drug-likeness (QED) is 0.363. The molecule has 84 valence electrons. The van der Waals surface area contributed by atoms with E-state index in [0.29, 0.717) is 0 Å². The molecule has 9 heteroatoms. The SMILES string of the molecule is NNS(=O)(=O)c1cccc(S(=O)(=O)O)c1. The van der Waals surface area contributed by atoms with E-state index in [2.05, 4.69) is 0 Å². The fourth-order valence-corrected chi connectivity index (χ4v) is 2.15. The molecule has 0 heterocycles. The Bertz CT molecular complexity index is 563. The molecule has 0 aromatic heterocycles. The van der Waals surface area contributed by atoms with Gasteiger partial charge in [-0.05, 0) is 18.2 Å². The lowest BCUT2D eigenvalue weighted by atomic mass is 10.4. The normalized spacial score (nSPS) is 12.7. The monoisotopic (exact) mass is 252 g/mol. The summed E-state index contributed by atoms with van der Waals surface area (Å²) < 4.78 is 52.4. The van der Waals surface area contributed by atoms with Gasteiger partial charge in [0.05, 0.1) is 9.79 Å². The van der Waals surface area contributed by atoms with Gasteiger partial charge in [0.1, 0.15) is 0 Å². The molecule has 1 aromatic carbocycles. The maximum atomic E-state index is 11.2. The highest BCUT2D eigenvalue weighted by atomic mass is 32.2. The third kappa shape index (κ3) is 2.73. The molecule has 0 aliphatic heterocycles. The van der Waals surface area contributed by atoms with Crippen molar-refractivity contribution in [1.29, 1.82) is 0 Å². The lowest BCUT2D eigenvalue weighted by Crippen LogP contribution is -2.30. The molecule has 0 bridgehead atoms. The van der Waals surface area contributed by atoms with Gasteiger partial charge < -0.3 is 0 Å². The molecule has 0 radical (unpaired) electrons. The molecule has 0 atom stereocenters. The number of nitrogens with two attached hydrogens (primary N) is 1. The number of nitrogens with one attached hydrogen (secondary N) is 1. The summed E-state index contributed by atoms with van der Waals surface area (Å²) >= 11 is 0. The minimum atomic E-state index is -4.43. The van der Waals surface area contributed by atoms with Gasteiger partial charge in [-0.1, -0.05) is 6.07 Å². The average Bonchev–Trinajstić information content (AvgIpc) is 2.17. The molecular weight excluding hydrogens is 244 g/mol. The van der Waals surface area contributed by atoms with Crippen molar-refractivity contribution in [3.8, 4) is 0 Å². The molecule has 0 aliphatic carbocycles. The molecule has 0 aliphatic rings. The topological polar surface area (TPSA) is 127 Å². The van der Waals surface area contributed by atoms with Crippen LogP contribution in [0.25, 0.3) is 0 Å². The molecule has 4 N–H and O–H groups in total. The van der Waals surface area contributed by atoms with Crippen LogP contribution in [0.5, 0.6) is 0 Å². The number of hydrogen-bond donors (Lipinski definition) is 3. The Balaban J connectivity index is 3.39. The highest BCUT2D eigenvalue weighted by Gasteiger charge is 2.16. The summed E-state index contributed by atoms with van der Waals surface area (Å²) in [4.78, 5) is 0.670. The van der Waals surface area contributed by atoms with Gasteiger partial charge in [0, 0.05) is 0 Å². The Hall–Kier alpha value is -1.00. The van der Waals surface area contributed by atoms with E-state index in [0.717, 1.165) is 18.2 Å². The fraction of sp³-hybridized carbons (Fsp3) is 0. The van der Waals surface area contributed by atoms with E-state index in [1.807, 2.05) is 0 Å². The Morgan fingerprint density at radius 1 is 1.13 bits per heavy atom. The highest BCUT2D eigenvalue weighted by molar-refractivity contribution is 7.89. The van der Waals surface area contributed by atoms with Gasteiger partial charge in [-0.25, -0.2) is 8.42 Å². The van der Waals surface area contributed by atoms with Crippen LogP contribution in [0.4, 0.5) is 0 Å². The summed E-state index contributed by atoms with van der Waals surface area (Å²) in [6, 6.07) is 4.17. The van der Waals surface area contributed by atoms with Crippen molar-refractivity contribution in [2.75, 3.05) is 0 Å². The number of benzene rings is 1. The van der Waals surface area contributed by atoms with Gasteiger partial charge in [-0.15, -0.1) is 0 Å². The van der Waals surface area contributed by atoms with E-state index in [9.17, 15) is 16.8 Å². The number of hydrazine groups is 1. The van der Waals surface area contributed by atoms with Gasteiger partial charge in [0.15, 0.2) is 0 Å². The molecule has 1 rings (SSSR count). The maximum absolute atomic E-state index is 11.2. The van der Waals surface area contributed by atoms with Gasteiger partial charge in [-0.3, -0.25) is 10.4 Å². The van der Waals surface area contributed by atoms with Crippen LogP contribution in [0.15, 0.2) is 34.1 Å². The van der Waals surface area contributed by atoms with E-state index in [-0.39, 0.29) is 4.90 Å². The van der Waals surface area contributed by atoms with Gasteiger partial charge in [-0.2, -0.15) is 13.2 Å². The summed E-state index contributed by atoms with van der Waals surface area (Å²) in [5.41, 5.74) is 0. The van der Waals surface area contributed by atoms with Crippen LogP contribution >= 0.6 is 0 Å². The first-order valence-corrected chi connectivity index (χ1v) is 6.49. The molecule has 0 spiro atoms. The average molecular weight is 252 g/mol. The minimum absolute atomic E-state index is 0.347. The van der Waals surface area contributed by atoms with Crippen molar-refractivity contribution in [2.24, 2.45) is 5.84 Å². The zero-order chi connectivity index (χ0) is 11.7. The number of sulfonamides is 1. The molecule has 7 nitrogen and oxygen atoms in total. The molecule has 0 fully saturated rings. The van der Waals surface area contributed by atoms with E-state index in [1.165, 1.54) is 10.9 Å². The molecule has 0 unspecified atom stereocenters. The van der Waals surface area contributed by atoms with Crippen LogP contribution in [0.3, 0.4) is 0 Å². The first-order valence-electron chi connectivity index (χ1n) is 3.57. The molecular formula is C6H8N2O5S2. The van der Waals surface area contributed by atoms with E-state index < -0.39 is 25.0 Å². The predicted molar refractivity (Wildman–Crippen MR) is 50.8 cm³/mol. The molecule has 0 saturated carbocycles. The maximum Gasteiger partial charge on any atom is 0.294 e. The van der Waals surface area contributed by atoms with Crippen LogP contribution in [0, 0.1) is 0 Å². The summed E-state index contributed by atoms with van der Waals surface area (Å²) in [5, 5.41) is 0. The first kappa shape index (κ1) is 12.1. The third-order valence-electron chi connectivity index (χ3n) is 1.57. The number of hydrogen-bond acceptors (Lipinski definition) is 5. The lowest BCUT2D eigenvalue weighted by molar-refractivity contribution is 0.483. The predicted octanol–water partition coefficient (Wildman–Crippen LogP) is -0.915. The second-order valence-corrected chi connectivity index (χ2v) is 5.71. The summed E-state index contributed by atoms with van der Waals surface area (Å²) in [6.45, 7) is 0.